The van der Waals surface area contributed by atoms with E-state index in [0.717, 1.165) is 0 Å². The van der Waals surface area contributed by atoms with Gasteiger partial charge in [-0.15, -0.1) is 5.92 Å². The van der Waals surface area contributed by atoms with Gasteiger partial charge in [0.15, 0.2) is 0 Å². The normalized spacial score (nSPS) is 15.1. The third kappa shape index (κ3) is 9.37. The highest BCUT2D eigenvalue weighted by Crippen LogP contribution is 2.16. The van der Waals surface area contributed by atoms with Gasteiger partial charge in [-0.05, 0) is 44.0 Å². The van der Waals surface area contributed by atoms with Gasteiger partial charge in [-0.3, -0.25) is 19.7 Å². The van der Waals surface area contributed by atoms with Gasteiger partial charge >= 0.3 is 0 Å². The summed E-state index contributed by atoms with van der Waals surface area (Å²) in [6.07, 6.45) is 0.390. The number of rotatable bonds is 12. The summed E-state index contributed by atoms with van der Waals surface area (Å²) in [6.45, 7) is 4.94. The maximum atomic E-state index is 12.7. The summed E-state index contributed by atoms with van der Waals surface area (Å²) in [7, 11) is -4.04. The molecule has 0 aliphatic carbocycles. The molecule has 1 aliphatic heterocycles. The van der Waals surface area contributed by atoms with Crippen molar-refractivity contribution in [3.8, 4) is 17.6 Å². The zero-order chi connectivity index (χ0) is 24.1. The minimum absolute atomic E-state index is 0.0639. The SMILES string of the molecule is CC#CCOc1ccc(S(=O)(=O)N[C@H](CCCNC(=O)CN2CCOCC2)C(=O)NO)cc1. The molecule has 33 heavy (non-hydrogen) atoms. The largest absolute Gasteiger partial charge is 0.481 e. The van der Waals surface area contributed by atoms with E-state index in [9.17, 15) is 18.0 Å². The molecule has 1 aliphatic rings. The van der Waals surface area contributed by atoms with Crippen LogP contribution < -0.4 is 20.3 Å². The zero-order valence-corrected chi connectivity index (χ0v) is 19.3. The third-order valence-electron chi connectivity index (χ3n) is 4.81. The van der Waals surface area contributed by atoms with Gasteiger partial charge in [-0.2, -0.15) is 4.72 Å². The van der Waals surface area contributed by atoms with E-state index in [0.29, 0.717) is 38.5 Å². The molecule has 2 rings (SSSR count). The standard InChI is InChI=1S/C21H30N4O7S/c1-2-3-13-32-17-6-8-18(9-7-17)33(29,30)24-19(21(27)23-28)5-4-10-22-20(26)16-25-11-14-31-15-12-25/h6-9,19,24,28H,4-5,10-16H2,1H3,(H,22,26)(H,23,27)/t19-/m1/s1. The fraction of sp³-hybridized carbons (Fsp3) is 0.524. The second-order valence-electron chi connectivity index (χ2n) is 7.22. The van der Waals surface area contributed by atoms with Gasteiger partial charge in [-0.1, -0.05) is 5.92 Å². The summed E-state index contributed by atoms with van der Waals surface area (Å²) >= 11 is 0. The molecule has 1 aromatic rings. The lowest BCUT2D eigenvalue weighted by molar-refractivity contribution is -0.131. The Labute approximate surface area is 193 Å². The summed E-state index contributed by atoms with van der Waals surface area (Å²) in [5, 5.41) is 11.7. The van der Waals surface area contributed by atoms with Crippen molar-refractivity contribution in [1.29, 1.82) is 0 Å². The van der Waals surface area contributed by atoms with Crippen LogP contribution in [0, 0.1) is 11.8 Å². The maximum Gasteiger partial charge on any atom is 0.261 e. The minimum Gasteiger partial charge on any atom is -0.481 e. The van der Waals surface area contributed by atoms with Gasteiger partial charge in [0.05, 0.1) is 24.7 Å². The van der Waals surface area contributed by atoms with Crippen molar-refractivity contribution < 1.29 is 32.7 Å². The van der Waals surface area contributed by atoms with Crippen LogP contribution in [-0.4, -0.2) is 82.4 Å². The van der Waals surface area contributed by atoms with E-state index in [-0.39, 0.29) is 36.9 Å². The summed E-state index contributed by atoms with van der Waals surface area (Å²) < 4.78 is 38.2. The highest BCUT2D eigenvalue weighted by Gasteiger charge is 2.25. The van der Waals surface area contributed by atoms with E-state index in [1.807, 2.05) is 4.90 Å². The topological polar surface area (TPSA) is 146 Å². The Morgan fingerprint density at radius 3 is 2.58 bits per heavy atom. The molecule has 0 saturated carbocycles. The first-order chi connectivity index (χ1) is 15.9. The van der Waals surface area contributed by atoms with Crippen molar-refractivity contribution in [2.45, 2.75) is 30.7 Å². The number of hydrogen-bond acceptors (Lipinski definition) is 8. The highest BCUT2D eigenvalue weighted by atomic mass is 32.2. The second-order valence-corrected chi connectivity index (χ2v) is 8.93. The molecule has 4 N–H and O–H groups in total. The first-order valence-electron chi connectivity index (χ1n) is 10.5. The third-order valence-corrected chi connectivity index (χ3v) is 6.30. The molecular weight excluding hydrogens is 452 g/mol. The van der Waals surface area contributed by atoms with Crippen LogP contribution in [0.4, 0.5) is 0 Å². The predicted molar refractivity (Wildman–Crippen MR) is 119 cm³/mol. The Balaban J connectivity index is 1.85. The van der Waals surface area contributed by atoms with Crippen molar-refractivity contribution in [3.05, 3.63) is 24.3 Å². The smallest absolute Gasteiger partial charge is 0.261 e. The van der Waals surface area contributed by atoms with Crippen LogP contribution in [0.1, 0.15) is 19.8 Å². The summed E-state index contributed by atoms with van der Waals surface area (Å²) in [6, 6.07) is 4.44. The molecule has 0 unspecified atom stereocenters. The predicted octanol–water partition coefficient (Wildman–Crippen LogP) is -0.530. The van der Waals surface area contributed by atoms with E-state index < -0.39 is 22.0 Å². The van der Waals surface area contributed by atoms with E-state index in [1.165, 1.54) is 29.7 Å². The molecular formula is C21H30N4O7S. The average molecular weight is 483 g/mol. The number of ether oxygens (including phenoxy) is 2. The van der Waals surface area contributed by atoms with Crippen LogP contribution in [0.5, 0.6) is 5.75 Å². The van der Waals surface area contributed by atoms with Crippen molar-refractivity contribution in [2.24, 2.45) is 0 Å². The van der Waals surface area contributed by atoms with Gasteiger partial charge in [0, 0.05) is 19.6 Å². The number of hydrogen-bond donors (Lipinski definition) is 4. The van der Waals surface area contributed by atoms with E-state index in [1.54, 1.807) is 6.92 Å². The van der Waals surface area contributed by atoms with Gasteiger partial charge < -0.3 is 14.8 Å². The summed E-state index contributed by atoms with van der Waals surface area (Å²) in [5.74, 6) is 4.82. The van der Waals surface area contributed by atoms with E-state index >= 15 is 0 Å². The van der Waals surface area contributed by atoms with Crippen LogP contribution in [-0.2, 0) is 24.3 Å². The molecule has 0 bridgehead atoms. The average Bonchev–Trinajstić information content (AvgIpc) is 2.81. The minimum atomic E-state index is -4.04. The molecule has 1 aromatic carbocycles. The van der Waals surface area contributed by atoms with Gasteiger partial charge in [-0.25, -0.2) is 13.9 Å². The van der Waals surface area contributed by atoms with Crippen molar-refractivity contribution in [2.75, 3.05) is 46.0 Å². The van der Waals surface area contributed by atoms with E-state index in [2.05, 4.69) is 21.9 Å². The van der Waals surface area contributed by atoms with Gasteiger partial charge in [0.1, 0.15) is 18.4 Å². The fourth-order valence-corrected chi connectivity index (χ4v) is 4.27. The number of nitrogens with one attached hydrogen (secondary N) is 3. The number of sulfonamides is 1. The monoisotopic (exact) mass is 482 g/mol. The Bertz CT molecular complexity index is 936. The molecule has 0 spiro atoms. The lowest BCUT2D eigenvalue weighted by Crippen LogP contribution is -2.46. The maximum absolute atomic E-state index is 12.7. The van der Waals surface area contributed by atoms with Gasteiger partial charge in [0.25, 0.3) is 5.91 Å². The lowest BCUT2D eigenvalue weighted by atomic mass is 10.1. The van der Waals surface area contributed by atoms with Crippen molar-refractivity contribution in [3.63, 3.8) is 0 Å². The molecule has 0 aromatic heterocycles. The molecule has 1 saturated heterocycles. The number of carbonyl (C=O) groups is 2. The molecule has 2 amide bonds. The first-order valence-corrected chi connectivity index (χ1v) is 12.0. The number of amides is 2. The highest BCUT2D eigenvalue weighted by molar-refractivity contribution is 7.89. The van der Waals surface area contributed by atoms with Crippen molar-refractivity contribution in [1.82, 2.24) is 20.4 Å². The van der Waals surface area contributed by atoms with Crippen LogP contribution >= 0.6 is 0 Å². The number of morpholine rings is 1. The van der Waals surface area contributed by atoms with Crippen LogP contribution in [0.15, 0.2) is 29.2 Å². The molecule has 1 heterocycles. The number of carbonyl (C=O) groups excluding carboxylic acids is 2. The summed E-state index contributed by atoms with van der Waals surface area (Å²) in [5.41, 5.74) is 1.48. The van der Waals surface area contributed by atoms with Crippen LogP contribution in [0.3, 0.4) is 0 Å². The number of benzene rings is 1. The van der Waals surface area contributed by atoms with Crippen molar-refractivity contribution >= 4 is 21.8 Å². The zero-order valence-electron chi connectivity index (χ0n) is 18.5. The number of nitrogens with zero attached hydrogens (tertiary/aromatic N) is 1. The Kier molecular flexibility index (Phi) is 11.1. The van der Waals surface area contributed by atoms with E-state index in [4.69, 9.17) is 14.7 Å². The first kappa shape index (κ1) is 26.6. The molecule has 182 valence electrons. The van der Waals surface area contributed by atoms with Crippen LogP contribution in [0.25, 0.3) is 0 Å². The fourth-order valence-electron chi connectivity index (χ4n) is 3.04. The molecule has 0 radical (unpaired) electrons. The Morgan fingerprint density at radius 1 is 1.24 bits per heavy atom. The quantitative estimate of drug-likeness (QED) is 0.135. The van der Waals surface area contributed by atoms with Crippen LogP contribution in [0.2, 0.25) is 0 Å². The molecule has 1 atom stereocenters. The van der Waals surface area contributed by atoms with Gasteiger partial charge in [0.2, 0.25) is 15.9 Å². The Hall–Kier alpha value is -2.69. The molecule has 1 fully saturated rings. The number of hydroxylamine groups is 1. The second kappa shape index (κ2) is 13.8. The summed E-state index contributed by atoms with van der Waals surface area (Å²) in [4.78, 5) is 25.9. The lowest BCUT2D eigenvalue weighted by Gasteiger charge is -2.25. The molecule has 11 nitrogen and oxygen atoms in total. The molecule has 12 heteroatoms. The Morgan fingerprint density at radius 2 is 1.94 bits per heavy atom.